The molecule has 3 aromatic rings. The number of aliphatic hydroxyl groups is 1. The molecule has 1 unspecified atom stereocenters. The Labute approximate surface area is 225 Å². The van der Waals surface area contributed by atoms with E-state index < -0.39 is 17.8 Å². The van der Waals surface area contributed by atoms with E-state index in [0.717, 1.165) is 68.8 Å². The minimum atomic E-state index is -4.44. The average molecular weight is 549 g/mol. The van der Waals surface area contributed by atoms with Gasteiger partial charge in [-0.1, -0.05) is 30.3 Å². The summed E-state index contributed by atoms with van der Waals surface area (Å²) in [4.78, 5) is 4.48. The zero-order chi connectivity index (χ0) is 27.8. The summed E-state index contributed by atoms with van der Waals surface area (Å²) < 4.78 is 70.9. The molecule has 1 heterocycles. The lowest BCUT2D eigenvalue weighted by Crippen LogP contribution is -2.49. The third-order valence-corrected chi connectivity index (χ3v) is 7.05. The predicted molar refractivity (Wildman–Crippen MR) is 140 cm³/mol. The molecule has 9 heteroatoms. The molecule has 0 radical (unpaired) electrons. The molecule has 1 saturated heterocycles. The lowest BCUT2D eigenvalue weighted by molar-refractivity contribution is -0.137. The van der Waals surface area contributed by atoms with Gasteiger partial charge in [0.15, 0.2) is 0 Å². The number of hydrogen-bond donors (Lipinski definition) is 1. The first kappa shape index (κ1) is 29.0. The molecule has 4 nitrogen and oxygen atoms in total. The molecule has 0 bridgehead atoms. The van der Waals surface area contributed by atoms with Crippen LogP contribution in [0.15, 0.2) is 72.8 Å². The minimum Gasteiger partial charge on any atom is -0.491 e. The number of ether oxygens (including phenoxy) is 1. The summed E-state index contributed by atoms with van der Waals surface area (Å²) in [5, 5.41) is 10.4. The van der Waals surface area contributed by atoms with Gasteiger partial charge in [-0.15, -0.1) is 0 Å². The van der Waals surface area contributed by atoms with Crippen LogP contribution in [0.3, 0.4) is 0 Å². The van der Waals surface area contributed by atoms with Crippen LogP contribution in [0, 0.1) is 11.6 Å². The lowest BCUT2D eigenvalue weighted by atomic mass is 9.87. The van der Waals surface area contributed by atoms with Crippen LogP contribution in [0.4, 0.5) is 22.0 Å². The summed E-state index contributed by atoms with van der Waals surface area (Å²) in [6, 6.07) is 17.6. The number of halogens is 5. The number of aliphatic hydroxyl groups excluding tert-OH is 1. The van der Waals surface area contributed by atoms with E-state index in [1.54, 1.807) is 24.3 Å². The molecule has 1 atom stereocenters. The van der Waals surface area contributed by atoms with E-state index in [-0.39, 0.29) is 29.9 Å². The zero-order valence-electron chi connectivity index (χ0n) is 21.6. The maximum absolute atomic E-state index is 13.5. The van der Waals surface area contributed by atoms with Crippen molar-refractivity contribution in [1.29, 1.82) is 0 Å². The Morgan fingerprint density at radius 2 is 1.36 bits per heavy atom. The van der Waals surface area contributed by atoms with Gasteiger partial charge in [-0.25, -0.2) is 8.78 Å². The maximum Gasteiger partial charge on any atom is 0.416 e. The van der Waals surface area contributed by atoms with Crippen LogP contribution in [0.1, 0.15) is 35.4 Å². The minimum absolute atomic E-state index is 0.0412. The summed E-state index contributed by atoms with van der Waals surface area (Å²) in [7, 11) is 0. The van der Waals surface area contributed by atoms with E-state index in [9.17, 15) is 27.1 Å². The smallest absolute Gasteiger partial charge is 0.416 e. The summed E-state index contributed by atoms with van der Waals surface area (Å²) in [6.45, 7) is 4.37. The zero-order valence-corrected chi connectivity index (χ0v) is 21.6. The fourth-order valence-electron chi connectivity index (χ4n) is 4.94. The summed E-state index contributed by atoms with van der Waals surface area (Å²) >= 11 is 0. The van der Waals surface area contributed by atoms with E-state index >= 15 is 0 Å². The first-order valence-electron chi connectivity index (χ1n) is 13.1. The molecule has 4 rings (SSSR count). The molecule has 1 aliphatic rings. The van der Waals surface area contributed by atoms with Crippen LogP contribution in [-0.4, -0.2) is 66.9 Å². The first-order chi connectivity index (χ1) is 18.7. The molecule has 1 aliphatic heterocycles. The van der Waals surface area contributed by atoms with Gasteiger partial charge in [-0.3, -0.25) is 4.90 Å². The Morgan fingerprint density at radius 1 is 0.795 bits per heavy atom. The topological polar surface area (TPSA) is 35.9 Å². The Hall–Kier alpha value is -3.01. The van der Waals surface area contributed by atoms with Crippen molar-refractivity contribution >= 4 is 0 Å². The third-order valence-electron chi connectivity index (χ3n) is 7.05. The van der Waals surface area contributed by atoms with Crippen LogP contribution in [0.5, 0.6) is 5.75 Å². The van der Waals surface area contributed by atoms with Gasteiger partial charge in [0.05, 0.1) is 5.56 Å². The van der Waals surface area contributed by atoms with Gasteiger partial charge >= 0.3 is 6.18 Å². The fourth-order valence-corrected chi connectivity index (χ4v) is 4.94. The second-order valence-electron chi connectivity index (χ2n) is 9.93. The second-order valence-corrected chi connectivity index (χ2v) is 9.93. The number of β-amino-alcohol motifs (C(OH)–C–C–N with tert-alkyl or cyclic N) is 1. The van der Waals surface area contributed by atoms with Crippen molar-refractivity contribution in [2.24, 2.45) is 0 Å². The van der Waals surface area contributed by atoms with Crippen molar-refractivity contribution in [3.63, 3.8) is 0 Å². The highest BCUT2D eigenvalue weighted by Gasteiger charge is 2.30. The molecule has 0 aliphatic carbocycles. The highest BCUT2D eigenvalue weighted by molar-refractivity contribution is 5.33. The quantitative estimate of drug-likeness (QED) is 0.301. The molecule has 3 aromatic carbocycles. The van der Waals surface area contributed by atoms with Gasteiger partial charge in [0.25, 0.3) is 0 Å². The van der Waals surface area contributed by atoms with Crippen molar-refractivity contribution in [2.75, 3.05) is 45.9 Å². The summed E-state index contributed by atoms with van der Waals surface area (Å²) in [5.74, 6) is -0.462. The van der Waals surface area contributed by atoms with Gasteiger partial charge in [-0.2, -0.15) is 13.2 Å². The first-order valence-corrected chi connectivity index (χ1v) is 13.1. The Kier molecular flexibility index (Phi) is 9.94. The normalized spacial score (nSPS) is 16.0. The number of benzene rings is 3. The Balaban J connectivity index is 1.20. The number of hydrogen-bond acceptors (Lipinski definition) is 4. The summed E-state index contributed by atoms with van der Waals surface area (Å²) in [6.07, 6.45) is -3.52. The van der Waals surface area contributed by atoms with E-state index in [1.807, 2.05) is 0 Å². The Bertz CT molecular complexity index is 1120. The van der Waals surface area contributed by atoms with Crippen molar-refractivity contribution in [3.05, 3.63) is 101 Å². The van der Waals surface area contributed by atoms with E-state index in [0.29, 0.717) is 6.54 Å². The van der Waals surface area contributed by atoms with Crippen LogP contribution >= 0.6 is 0 Å². The second kappa shape index (κ2) is 13.4. The standard InChI is InChI=1S/C30H33F5N2O2/c31-25-10-6-22(7-11-25)29(23-8-12-26(32)13-9-23)5-2-14-36-15-17-37(18-16-36)20-27(38)21-39-28-4-1-3-24(19-28)30(33,34)35/h1,3-4,6-13,19,27,29,38H,2,5,14-18,20-21H2. The van der Waals surface area contributed by atoms with Crippen molar-refractivity contribution < 1.29 is 31.8 Å². The molecular weight excluding hydrogens is 515 g/mol. The van der Waals surface area contributed by atoms with Crippen molar-refractivity contribution in [2.45, 2.75) is 31.0 Å². The lowest BCUT2D eigenvalue weighted by Gasteiger charge is -2.35. The maximum atomic E-state index is 13.5. The van der Waals surface area contributed by atoms with Crippen LogP contribution in [0.2, 0.25) is 0 Å². The van der Waals surface area contributed by atoms with Crippen molar-refractivity contribution in [3.8, 4) is 5.75 Å². The van der Waals surface area contributed by atoms with Crippen LogP contribution in [-0.2, 0) is 6.18 Å². The SMILES string of the molecule is OC(COc1cccc(C(F)(F)F)c1)CN1CCN(CCCC(c2ccc(F)cc2)c2ccc(F)cc2)CC1. The molecule has 1 N–H and O–H groups in total. The van der Waals surface area contributed by atoms with Crippen molar-refractivity contribution in [1.82, 2.24) is 9.80 Å². The fraction of sp³-hybridized carbons (Fsp3) is 0.400. The van der Waals surface area contributed by atoms with Crippen LogP contribution < -0.4 is 4.74 Å². The molecule has 0 amide bonds. The van der Waals surface area contributed by atoms with Gasteiger partial charge in [-0.05, 0) is 73.0 Å². The number of piperazine rings is 1. The van der Waals surface area contributed by atoms with E-state index in [2.05, 4.69) is 9.80 Å². The number of alkyl halides is 3. The number of rotatable bonds is 11. The molecule has 1 fully saturated rings. The summed E-state index contributed by atoms with van der Waals surface area (Å²) in [5.41, 5.74) is 1.20. The van der Waals surface area contributed by atoms with Gasteiger partial charge in [0.2, 0.25) is 0 Å². The number of nitrogens with zero attached hydrogens (tertiary/aromatic N) is 2. The largest absolute Gasteiger partial charge is 0.491 e. The predicted octanol–water partition coefficient (Wildman–Crippen LogP) is 5.95. The van der Waals surface area contributed by atoms with Crippen LogP contribution in [0.25, 0.3) is 0 Å². The van der Waals surface area contributed by atoms with Gasteiger partial charge in [0, 0.05) is 38.6 Å². The molecule has 210 valence electrons. The average Bonchev–Trinajstić information content (AvgIpc) is 2.92. The molecule has 0 aromatic heterocycles. The molecule has 0 spiro atoms. The van der Waals surface area contributed by atoms with E-state index in [1.165, 1.54) is 36.4 Å². The third kappa shape index (κ3) is 8.74. The van der Waals surface area contributed by atoms with Gasteiger partial charge < -0.3 is 14.7 Å². The monoisotopic (exact) mass is 548 g/mol. The Morgan fingerprint density at radius 3 is 1.92 bits per heavy atom. The molecule has 0 saturated carbocycles. The highest BCUT2D eigenvalue weighted by Crippen LogP contribution is 2.32. The van der Waals surface area contributed by atoms with Gasteiger partial charge in [0.1, 0.15) is 30.1 Å². The molecule has 39 heavy (non-hydrogen) atoms. The molecular formula is C30H33F5N2O2. The highest BCUT2D eigenvalue weighted by atomic mass is 19.4. The van der Waals surface area contributed by atoms with E-state index in [4.69, 9.17) is 4.74 Å².